The van der Waals surface area contributed by atoms with Gasteiger partial charge in [0.05, 0.1) is 11.9 Å². The smallest absolute Gasteiger partial charge is 0.275 e. The summed E-state index contributed by atoms with van der Waals surface area (Å²) in [7, 11) is 0. The standard InChI is InChI=1S/C16H14F2N4O/c1-2-3-12-15(22-9-11(18)5-7-14(22)20-12)16(23)21-13-6-4-10(17)8-19-13/h4-9H,2-3H2,1H3,(H,19,21,23). The highest BCUT2D eigenvalue weighted by atomic mass is 19.1. The van der Waals surface area contributed by atoms with Gasteiger partial charge in [-0.05, 0) is 30.7 Å². The van der Waals surface area contributed by atoms with Gasteiger partial charge < -0.3 is 5.32 Å². The lowest BCUT2D eigenvalue weighted by molar-refractivity contribution is 0.102. The summed E-state index contributed by atoms with van der Waals surface area (Å²) in [4.78, 5) is 20.7. The van der Waals surface area contributed by atoms with Crippen LogP contribution in [0, 0.1) is 11.6 Å². The molecule has 1 N–H and O–H groups in total. The molecule has 0 aromatic carbocycles. The van der Waals surface area contributed by atoms with Crippen LogP contribution in [-0.2, 0) is 6.42 Å². The van der Waals surface area contributed by atoms with E-state index in [0.717, 1.165) is 12.6 Å². The Hall–Kier alpha value is -2.83. The van der Waals surface area contributed by atoms with E-state index < -0.39 is 17.5 Å². The van der Waals surface area contributed by atoms with E-state index in [0.29, 0.717) is 17.8 Å². The molecule has 0 radical (unpaired) electrons. The average Bonchev–Trinajstić information content (AvgIpc) is 2.87. The summed E-state index contributed by atoms with van der Waals surface area (Å²) >= 11 is 0. The van der Waals surface area contributed by atoms with Crippen LogP contribution in [0.2, 0.25) is 0 Å². The zero-order chi connectivity index (χ0) is 16.4. The molecule has 1 amide bonds. The maximum absolute atomic E-state index is 13.5. The van der Waals surface area contributed by atoms with Crippen molar-refractivity contribution in [1.29, 1.82) is 0 Å². The quantitative estimate of drug-likeness (QED) is 0.804. The van der Waals surface area contributed by atoms with Gasteiger partial charge in [0.15, 0.2) is 0 Å². The lowest BCUT2D eigenvalue weighted by Gasteiger charge is -2.06. The van der Waals surface area contributed by atoms with E-state index >= 15 is 0 Å². The summed E-state index contributed by atoms with van der Waals surface area (Å²) in [5, 5.41) is 2.58. The number of imidazole rings is 1. The lowest BCUT2D eigenvalue weighted by atomic mass is 10.2. The first-order valence-corrected chi connectivity index (χ1v) is 7.18. The zero-order valence-electron chi connectivity index (χ0n) is 12.4. The third-order valence-corrected chi connectivity index (χ3v) is 3.33. The van der Waals surface area contributed by atoms with Gasteiger partial charge in [-0.2, -0.15) is 0 Å². The molecule has 0 atom stereocenters. The average molecular weight is 316 g/mol. The molecular weight excluding hydrogens is 302 g/mol. The van der Waals surface area contributed by atoms with Crippen molar-refractivity contribution in [2.75, 3.05) is 5.32 Å². The highest BCUT2D eigenvalue weighted by molar-refractivity contribution is 6.04. The van der Waals surface area contributed by atoms with Gasteiger partial charge in [-0.3, -0.25) is 9.20 Å². The van der Waals surface area contributed by atoms with E-state index in [9.17, 15) is 13.6 Å². The molecule has 3 aromatic rings. The van der Waals surface area contributed by atoms with Crippen LogP contribution < -0.4 is 5.32 Å². The Morgan fingerprint density at radius 2 is 2.00 bits per heavy atom. The number of carbonyl (C=O) groups is 1. The number of rotatable bonds is 4. The summed E-state index contributed by atoms with van der Waals surface area (Å²) in [6, 6.07) is 5.36. The molecule has 118 valence electrons. The fourth-order valence-electron chi connectivity index (χ4n) is 2.34. The summed E-state index contributed by atoms with van der Waals surface area (Å²) < 4.78 is 27.8. The first kappa shape index (κ1) is 15.1. The Balaban J connectivity index is 2.02. The molecule has 3 rings (SSSR count). The topological polar surface area (TPSA) is 59.3 Å². The Bertz CT molecular complexity index is 858. The molecule has 0 unspecified atom stereocenters. The molecule has 0 aliphatic rings. The number of amides is 1. The molecule has 0 saturated heterocycles. The third-order valence-electron chi connectivity index (χ3n) is 3.33. The molecule has 0 fully saturated rings. The number of hydrogen-bond acceptors (Lipinski definition) is 3. The number of aromatic nitrogens is 3. The molecule has 0 aliphatic carbocycles. The number of hydrogen-bond donors (Lipinski definition) is 1. The predicted octanol–water partition coefficient (Wildman–Crippen LogP) is 3.21. The highest BCUT2D eigenvalue weighted by Crippen LogP contribution is 2.17. The van der Waals surface area contributed by atoms with Gasteiger partial charge in [-0.25, -0.2) is 18.7 Å². The maximum atomic E-state index is 13.5. The van der Waals surface area contributed by atoms with Crippen molar-refractivity contribution < 1.29 is 13.6 Å². The van der Waals surface area contributed by atoms with Crippen molar-refractivity contribution in [3.05, 3.63) is 59.7 Å². The molecule has 23 heavy (non-hydrogen) atoms. The number of halogens is 2. The van der Waals surface area contributed by atoms with Crippen LogP contribution in [0.3, 0.4) is 0 Å². The SMILES string of the molecule is CCCc1nc2ccc(F)cn2c1C(=O)Nc1ccc(F)cn1. The maximum Gasteiger partial charge on any atom is 0.275 e. The molecule has 7 heteroatoms. The van der Waals surface area contributed by atoms with Crippen molar-refractivity contribution in [3.63, 3.8) is 0 Å². The van der Waals surface area contributed by atoms with E-state index in [4.69, 9.17) is 0 Å². The number of anilines is 1. The third kappa shape index (κ3) is 3.03. The number of nitrogens with zero attached hydrogens (tertiary/aromatic N) is 3. The fraction of sp³-hybridized carbons (Fsp3) is 0.188. The first-order valence-electron chi connectivity index (χ1n) is 7.18. The van der Waals surface area contributed by atoms with Gasteiger partial charge in [0.25, 0.3) is 5.91 Å². The molecule has 0 spiro atoms. The second-order valence-corrected chi connectivity index (χ2v) is 5.05. The Labute approximate surface area is 131 Å². The van der Waals surface area contributed by atoms with Gasteiger partial charge in [-0.15, -0.1) is 0 Å². The van der Waals surface area contributed by atoms with Gasteiger partial charge in [-0.1, -0.05) is 13.3 Å². The predicted molar refractivity (Wildman–Crippen MR) is 81.3 cm³/mol. The first-order chi connectivity index (χ1) is 11.1. The lowest BCUT2D eigenvalue weighted by Crippen LogP contribution is -2.17. The normalized spacial score (nSPS) is 10.9. The van der Waals surface area contributed by atoms with Gasteiger partial charge >= 0.3 is 0 Å². The van der Waals surface area contributed by atoms with Crippen molar-refractivity contribution in [1.82, 2.24) is 14.4 Å². The minimum atomic E-state index is -0.494. The van der Waals surface area contributed by atoms with Crippen LogP contribution >= 0.6 is 0 Å². The van der Waals surface area contributed by atoms with Gasteiger partial charge in [0, 0.05) is 6.20 Å². The van der Waals surface area contributed by atoms with Gasteiger partial charge in [0.1, 0.15) is 28.8 Å². The van der Waals surface area contributed by atoms with E-state index in [1.165, 1.54) is 34.9 Å². The van der Waals surface area contributed by atoms with E-state index in [-0.39, 0.29) is 11.5 Å². The largest absolute Gasteiger partial charge is 0.305 e. The number of pyridine rings is 2. The second-order valence-electron chi connectivity index (χ2n) is 5.05. The fourth-order valence-corrected chi connectivity index (χ4v) is 2.34. The Morgan fingerprint density at radius 3 is 2.70 bits per heavy atom. The van der Waals surface area contributed by atoms with Crippen molar-refractivity contribution in [2.45, 2.75) is 19.8 Å². The Kier molecular flexibility index (Phi) is 4.01. The van der Waals surface area contributed by atoms with E-state index in [1.54, 1.807) is 0 Å². The minimum Gasteiger partial charge on any atom is -0.305 e. The van der Waals surface area contributed by atoms with Crippen LogP contribution in [0.15, 0.2) is 36.7 Å². The van der Waals surface area contributed by atoms with Crippen LogP contribution in [0.25, 0.3) is 5.65 Å². The number of carbonyl (C=O) groups excluding carboxylic acids is 1. The van der Waals surface area contributed by atoms with Crippen LogP contribution in [0.1, 0.15) is 29.5 Å². The van der Waals surface area contributed by atoms with Crippen molar-refractivity contribution in [2.24, 2.45) is 0 Å². The Morgan fingerprint density at radius 1 is 1.22 bits per heavy atom. The summed E-state index contributed by atoms with van der Waals surface area (Å²) in [5.41, 5.74) is 1.33. The van der Waals surface area contributed by atoms with E-state index in [2.05, 4.69) is 15.3 Å². The number of nitrogens with one attached hydrogen (secondary N) is 1. The monoisotopic (exact) mass is 316 g/mol. The summed E-state index contributed by atoms with van der Waals surface area (Å²) in [5.74, 6) is -1.21. The number of fused-ring (bicyclic) bond motifs is 1. The summed E-state index contributed by atoms with van der Waals surface area (Å²) in [6.07, 6.45) is 3.61. The molecule has 0 saturated carbocycles. The number of aryl methyl sites for hydroxylation is 1. The van der Waals surface area contributed by atoms with E-state index in [1.807, 2.05) is 6.92 Å². The molecule has 3 heterocycles. The molecule has 5 nitrogen and oxygen atoms in total. The zero-order valence-corrected chi connectivity index (χ0v) is 12.4. The summed E-state index contributed by atoms with van der Waals surface area (Å²) in [6.45, 7) is 1.97. The van der Waals surface area contributed by atoms with Gasteiger partial charge in [0.2, 0.25) is 0 Å². The van der Waals surface area contributed by atoms with Crippen LogP contribution in [-0.4, -0.2) is 20.3 Å². The highest BCUT2D eigenvalue weighted by Gasteiger charge is 2.19. The van der Waals surface area contributed by atoms with Crippen LogP contribution in [0.4, 0.5) is 14.6 Å². The molecular formula is C16H14F2N4O. The molecule has 0 bridgehead atoms. The van der Waals surface area contributed by atoms with Crippen molar-refractivity contribution in [3.8, 4) is 0 Å². The molecule has 3 aromatic heterocycles. The second kappa shape index (κ2) is 6.12. The van der Waals surface area contributed by atoms with Crippen molar-refractivity contribution >= 4 is 17.4 Å². The van der Waals surface area contributed by atoms with Crippen LogP contribution in [0.5, 0.6) is 0 Å². The molecule has 0 aliphatic heterocycles. The minimum absolute atomic E-state index is 0.213.